The van der Waals surface area contributed by atoms with E-state index in [4.69, 9.17) is 16.9 Å². The third kappa shape index (κ3) is 3.60. The van der Waals surface area contributed by atoms with Gasteiger partial charge < -0.3 is 16.4 Å². The number of aromatic nitrogens is 2. The minimum atomic E-state index is 0.196. The number of rotatable bonds is 5. The lowest BCUT2D eigenvalue weighted by molar-refractivity contribution is 0.258. The average Bonchev–Trinajstić information content (AvgIpc) is 2.68. The molecular weight excluding hydrogens is 324 g/mol. The minimum Gasteiger partial charge on any atom is -0.382 e. The summed E-state index contributed by atoms with van der Waals surface area (Å²) < 4.78 is 0. The van der Waals surface area contributed by atoms with Gasteiger partial charge >= 0.3 is 0 Å². The van der Waals surface area contributed by atoms with Crippen LogP contribution in [0.4, 0.5) is 11.6 Å². The number of nitrogens with one attached hydrogen (secondary N) is 1. The molecule has 2 heterocycles. The van der Waals surface area contributed by atoms with Crippen molar-refractivity contribution in [3.8, 4) is 0 Å². The van der Waals surface area contributed by atoms with Crippen LogP contribution in [0.5, 0.6) is 0 Å². The molecule has 26 heavy (non-hydrogen) atoms. The number of hydrogen-bond acceptors (Lipinski definition) is 6. The van der Waals surface area contributed by atoms with E-state index >= 15 is 0 Å². The van der Waals surface area contributed by atoms with E-state index in [1.807, 2.05) is 30.3 Å². The first kappa shape index (κ1) is 18.1. The second-order valence-corrected chi connectivity index (χ2v) is 7.18. The van der Waals surface area contributed by atoms with E-state index in [0.29, 0.717) is 17.8 Å². The van der Waals surface area contributed by atoms with Gasteiger partial charge in [-0.1, -0.05) is 43.8 Å². The molecule has 0 aliphatic carbocycles. The van der Waals surface area contributed by atoms with Crippen molar-refractivity contribution in [2.75, 3.05) is 30.3 Å². The van der Waals surface area contributed by atoms with Crippen LogP contribution >= 0.6 is 0 Å². The highest BCUT2D eigenvalue weighted by atomic mass is 15.2. The molecule has 5 N–H and O–H groups in total. The lowest BCUT2D eigenvalue weighted by Gasteiger charge is -2.39. The maximum atomic E-state index is 8.40. The average molecular weight is 350 g/mol. The van der Waals surface area contributed by atoms with Crippen LogP contribution in [0.1, 0.15) is 31.0 Å². The molecule has 0 bridgehead atoms. The van der Waals surface area contributed by atoms with Crippen LogP contribution in [-0.2, 0) is 0 Å². The molecule has 1 aliphatic rings. The standard InChI is InChI=1S/C20H26N6/c1-14(15-6-4-3-5-7-15)17(22)18-19(23)25-16(12-24-18)26-10-8-20(2,13-21)9-11-26/h3-7,12,22H,1,8-11,13,21H2,2H3,(H2,23,25). The molecule has 0 amide bonds. The Morgan fingerprint density at radius 3 is 2.50 bits per heavy atom. The first-order chi connectivity index (χ1) is 12.4. The van der Waals surface area contributed by atoms with Crippen LogP contribution in [0, 0.1) is 10.8 Å². The smallest absolute Gasteiger partial charge is 0.154 e. The van der Waals surface area contributed by atoms with Gasteiger partial charge in [-0.2, -0.15) is 0 Å². The van der Waals surface area contributed by atoms with E-state index in [1.54, 1.807) is 6.20 Å². The van der Waals surface area contributed by atoms with Crippen LogP contribution in [0.15, 0.2) is 43.1 Å². The first-order valence-corrected chi connectivity index (χ1v) is 8.85. The van der Waals surface area contributed by atoms with Crippen molar-refractivity contribution in [3.05, 3.63) is 54.4 Å². The molecule has 0 saturated carbocycles. The van der Waals surface area contributed by atoms with Gasteiger partial charge in [-0.3, -0.25) is 5.41 Å². The van der Waals surface area contributed by atoms with Crippen molar-refractivity contribution in [2.45, 2.75) is 19.8 Å². The fourth-order valence-corrected chi connectivity index (χ4v) is 3.15. The molecule has 0 radical (unpaired) electrons. The number of nitrogens with two attached hydrogens (primary N) is 2. The summed E-state index contributed by atoms with van der Waals surface area (Å²) in [7, 11) is 0. The van der Waals surface area contributed by atoms with Crippen molar-refractivity contribution in [3.63, 3.8) is 0 Å². The summed E-state index contributed by atoms with van der Waals surface area (Å²) in [6, 6.07) is 9.58. The molecule has 1 saturated heterocycles. The van der Waals surface area contributed by atoms with E-state index in [9.17, 15) is 0 Å². The largest absolute Gasteiger partial charge is 0.382 e. The molecule has 1 aromatic heterocycles. The van der Waals surface area contributed by atoms with E-state index in [2.05, 4.69) is 28.4 Å². The van der Waals surface area contributed by atoms with Gasteiger partial charge in [0.15, 0.2) is 5.82 Å². The zero-order chi connectivity index (χ0) is 18.7. The molecule has 1 aromatic carbocycles. The van der Waals surface area contributed by atoms with Crippen molar-refractivity contribution >= 4 is 22.9 Å². The maximum Gasteiger partial charge on any atom is 0.154 e. The van der Waals surface area contributed by atoms with Crippen molar-refractivity contribution < 1.29 is 0 Å². The maximum absolute atomic E-state index is 8.40. The number of hydrogen-bond donors (Lipinski definition) is 3. The van der Waals surface area contributed by atoms with Gasteiger partial charge in [0.25, 0.3) is 0 Å². The van der Waals surface area contributed by atoms with Gasteiger partial charge in [0.2, 0.25) is 0 Å². The first-order valence-electron chi connectivity index (χ1n) is 8.85. The lowest BCUT2D eigenvalue weighted by atomic mass is 9.80. The van der Waals surface area contributed by atoms with Gasteiger partial charge in [0.05, 0.1) is 11.9 Å². The Labute approximate surface area is 154 Å². The van der Waals surface area contributed by atoms with Gasteiger partial charge in [-0.15, -0.1) is 0 Å². The highest BCUT2D eigenvalue weighted by Crippen LogP contribution is 2.31. The summed E-state index contributed by atoms with van der Waals surface area (Å²) in [5.74, 6) is 1.01. The Bertz CT molecular complexity index is 806. The van der Waals surface area contributed by atoms with Crippen LogP contribution in [0.25, 0.3) is 5.57 Å². The van der Waals surface area contributed by atoms with Crippen LogP contribution in [0.3, 0.4) is 0 Å². The van der Waals surface area contributed by atoms with Gasteiger partial charge in [-0.05, 0) is 30.4 Å². The second-order valence-electron chi connectivity index (χ2n) is 7.18. The summed E-state index contributed by atoms with van der Waals surface area (Å²) in [6.45, 7) is 8.71. The summed E-state index contributed by atoms with van der Waals surface area (Å²) in [5, 5.41) is 8.40. The number of nitrogen functional groups attached to an aromatic ring is 1. The Hall–Kier alpha value is -2.73. The Morgan fingerprint density at radius 2 is 1.92 bits per heavy atom. The minimum absolute atomic E-state index is 0.196. The summed E-state index contributed by atoms with van der Waals surface area (Å²) in [4.78, 5) is 11.1. The number of nitrogens with zero attached hydrogens (tertiary/aromatic N) is 3. The third-order valence-electron chi connectivity index (χ3n) is 5.23. The van der Waals surface area contributed by atoms with E-state index in [-0.39, 0.29) is 16.9 Å². The predicted octanol–water partition coefficient (Wildman–Crippen LogP) is 2.71. The summed E-state index contributed by atoms with van der Waals surface area (Å²) in [6.07, 6.45) is 3.74. The summed E-state index contributed by atoms with van der Waals surface area (Å²) in [5.41, 5.74) is 14.2. The fraction of sp³-hybridized carbons (Fsp3) is 0.350. The number of anilines is 2. The quantitative estimate of drug-likeness (QED) is 0.719. The Morgan fingerprint density at radius 1 is 1.27 bits per heavy atom. The van der Waals surface area contributed by atoms with Crippen molar-refractivity contribution in [2.24, 2.45) is 11.1 Å². The molecule has 136 valence electrons. The van der Waals surface area contributed by atoms with Crippen molar-refractivity contribution in [1.29, 1.82) is 5.41 Å². The molecule has 0 atom stereocenters. The van der Waals surface area contributed by atoms with E-state index < -0.39 is 0 Å². The highest BCUT2D eigenvalue weighted by Gasteiger charge is 2.29. The highest BCUT2D eigenvalue weighted by molar-refractivity contribution is 6.30. The molecule has 0 spiro atoms. The number of allylic oxidation sites excluding steroid dienone is 1. The lowest BCUT2D eigenvalue weighted by Crippen LogP contribution is -2.42. The molecular formula is C20H26N6. The zero-order valence-electron chi connectivity index (χ0n) is 15.2. The Balaban J connectivity index is 1.76. The van der Waals surface area contributed by atoms with Crippen LogP contribution in [-0.4, -0.2) is 35.3 Å². The fourth-order valence-electron chi connectivity index (χ4n) is 3.15. The Kier molecular flexibility index (Phi) is 5.04. The van der Waals surface area contributed by atoms with E-state index in [0.717, 1.165) is 37.3 Å². The molecule has 6 nitrogen and oxygen atoms in total. The predicted molar refractivity (Wildman–Crippen MR) is 107 cm³/mol. The SMILES string of the molecule is C=C(C(=N)c1ncc(N2CCC(C)(CN)CC2)nc1N)c1ccccc1. The number of benzene rings is 1. The molecule has 3 rings (SSSR count). The molecule has 6 heteroatoms. The van der Waals surface area contributed by atoms with Crippen molar-refractivity contribution in [1.82, 2.24) is 9.97 Å². The number of piperidine rings is 1. The van der Waals surface area contributed by atoms with Crippen LogP contribution < -0.4 is 16.4 Å². The molecule has 1 aliphatic heterocycles. The molecule has 1 fully saturated rings. The van der Waals surface area contributed by atoms with E-state index in [1.165, 1.54) is 0 Å². The third-order valence-corrected chi connectivity index (χ3v) is 5.23. The molecule has 0 unspecified atom stereocenters. The van der Waals surface area contributed by atoms with Gasteiger partial charge in [-0.25, -0.2) is 9.97 Å². The van der Waals surface area contributed by atoms with Gasteiger partial charge in [0, 0.05) is 18.7 Å². The normalized spacial score (nSPS) is 16.3. The molecule has 2 aromatic rings. The zero-order valence-corrected chi connectivity index (χ0v) is 15.2. The topological polar surface area (TPSA) is 105 Å². The summed E-state index contributed by atoms with van der Waals surface area (Å²) >= 11 is 0. The second kappa shape index (κ2) is 7.25. The monoisotopic (exact) mass is 350 g/mol. The van der Waals surface area contributed by atoms with Crippen LogP contribution in [0.2, 0.25) is 0 Å². The van der Waals surface area contributed by atoms with Gasteiger partial charge in [0.1, 0.15) is 11.5 Å².